The monoisotopic (exact) mass is 223 g/mol. The highest BCUT2D eigenvalue weighted by Gasteiger charge is 2.35. The number of furan rings is 1. The van der Waals surface area contributed by atoms with E-state index in [0.717, 1.165) is 18.6 Å². The Morgan fingerprint density at radius 1 is 1.69 bits per heavy atom. The van der Waals surface area contributed by atoms with Crippen LogP contribution in [0.15, 0.2) is 22.8 Å². The quantitative estimate of drug-likeness (QED) is 0.764. The van der Waals surface area contributed by atoms with E-state index >= 15 is 0 Å². The van der Waals surface area contributed by atoms with E-state index in [1.165, 1.54) is 0 Å². The lowest BCUT2D eigenvalue weighted by molar-refractivity contribution is -0.142. The highest BCUT2D eigenvalue weighted by Crippen LogP contribution is 2.29. The summed E-state index contributed by atoms with van der Waals surface area (Å²) in [6.07, 6.45) is 3.42. The second-order valence-corrected chi connectivity index (χ2v) is 4.15. The van der Waals surface area contributed by atoms with Crippen molar-refractivity contribution in [2.75, 3.05) is 7.11 Å². The molecule has 1 saturated carbocycles. The molecule has 1 atom stereocenters. The van der Waals surface area contributed by atoms with Gasteiger partial charge in [-0.3, -0.25) is 4.79 Å². The van der Waals surface area contributed by atoms with Crippen molar-refractivity contribution in [1.82, 2.24) is 4.90 Å². The van der Waals surface area contributed by atoms with Crippen molar-refractivity contribution < 1.29 is 13.9 Å². The molecule has 1 aromatic rings. The predicted molar refractivity (Wildman–Crippen MR) is 58.8 cm³/mol. The van der Waals surface area contributed by atoms with Crippen molar-refractivity contribution in [3.8, 4) is 0 Å². The molecular weight excluding hydrogens is 206 g/mol. The highest BCUT2D eigenvalue weighted by molar-refractivity contribution is 5.81. The second kappa shape index (κ2) is 4.70. The Kier molecular flexibility index (Phi) is 3.29. The number of methoxy groups -OCH3 is 1. The van der Waals surface area contributed by atoms with Crippen molar-refractivity contribution >= 4 is 5.91 Å². The van der Waals surface area contributed by atoms with E-state index in [2.05, 4.69) is 0 Å². The van der Waals surface area contributed by atoms with Gasteiger partial charge >= 0.3 is 0 Å². The molecule has 0 N–H and O–H groups in total. The van der Waals surface area contributed by atoms with Crippen LogP contribution < -0.4 is 0 Å². The molecule has 0 saturated heterocycles. The summed E-state index contributed by atoms with van der Waals surface area (Å²) >= 11 is 0. The Morgan fingerprint density at radius 2 is 2.44 bits per heavy atom. The second-order valence-electron chi connectivity index (χ2n) is 4.15. The summed E-state index contributed by atoms with van der Waals surface area (Å²) in [5.41, 5.74) is 0. The summed E-state index contributed by atoms with van der Waals surface area (Å²) in [4.78, 5) is 13.9. The number of hydrogen-bond acceptors (Lipinski definition) is 3. The van der Waals surface area contributed by atoms with Gasteiger partial charge in [-0.15, -0.1) is 0 Å². The van der Waals surface area contributed by atoms with Gasteiger partial charge in [0.15, 0.2) is 0 Å². The molecule has 1 aliphatic rings. The van der Waals surface area contributed by atoms with Crippen molar-refractivity contribution in [3.63, 3.8) is 0 Å². The van der Waals surface area contributed by atoms with Crippen LogP contribution in [0.5, 0.6) is 0 Å². The smallest absolute Gasteiger partial charge is 0.252 e. The Labute approximate surface area is 95.2 Å². The number of amides is 1. The van der Waals surface area contributed by atoms with E-state index in [1.807, 2.05) is 17.0 Å². The van der Waals surface area contributed by atoms with Gasteiger partial charge in [0.05, 0.1) is 12.8 Å². The summed E-state index contributed by atoms with van der Waals surface area (Å²) in [6.45, 7) is 2.32. The molecule has 0 spiro atoms. The summed E-state index contributed by atoms with van der Waals surface area (Å²) < 4.78 is 10.3. The molecular formula is C12H17NO3. The minimum Gasteiger partial charge on any atom is -0.467 e. The van der Waals surface area contributed by atoms with Crippen LogP contribution in [0.3, 0.4) is 0 Å². The molecule has 4 heteroatoms. The topological polar surface area (TPSA) is 42.7 Å². The summed E-state index contributed by atoms with van der Waals surface area (Å²) in [5, 5.41) is 0. The molecule has 0 aromatic carbocycles. The van der Waals surface area contributed by atoms with Gasteiger partial charge in [-0.25, -0.2) is 0 Å². The number of carbonyl (C=O) groups excluding carboxylic acids is 1. The molecule has 0 bridgehead atoms. The first kappa shape index (κ1) is 11.2. The molecule has 1 amide bonds. The van der Waals surface area contributed by atoms with Crippen LogP contribution in [0.4, 0.5) is 0 Å². The molecule has 2 rings (SSSR count). The van der Waals surface area contributed by atoms with E-state index in [4.69, 9.17) is 9.15 Å². The van der Waals surface area contributed by atoms with Crippen LogP contribution in [-0.2, 0) is 16.1 Å². The van der Waals surface area contributed by atoms with E-state index in [0.29, 0.717) is 12.6 Å². The fourth-order valence-corrected chi connectivity index (χ4v) is 1.68. The number of ether oxygens (including phenoxy) is 1. The van der Waals surface area contributed by atoms with Crippen molar-refractivity contribution in [3.05, 3.63) is 24.2 Å². The van der Waals surface area contributed by atoms with Gasteiger partial charge in [0.1, 0.15) is 11.9 Å². The van der Waals surface area contributed by atoms with Gasteiger partial charge in [-0.2, -0.15) is 0 Å². The Morgan fingerprint density at radius 3 is 2.94 bits per heavy atom. The lowest BCUT2D eigenvalue weighted by Gasteiger charge is -2.24. The van der Waals surface area contributed by atoms with E-state index in [9.17, 15) is 4.79 Å². The van der Waals surface area contributed by atoms with E-state index in [-0.39, 0.29) is 12.0 Å². The Hall–Kier alpha value is -1.29. The number of carbonyl (C=O) groups is 1. The molecule has 1 aromatic heterocycles. The van der Waals surface area contributed by atoms with Crippen LogP contribution in [0.25, 0.3) is 0 Å². The molecule has 0 aliphatic heterocycles. The zero-order chi connectivity index (χ0) is 11.5. The van der Waals surface area contributed by atoms with Crippen LogP contribution in [-0.4, -0.2) is 30.1 Å². The SMILES string of the molecule is COC(C)C(=O)N(Cc1ccco1)C1CC1. The van der Waals surface area contributed by atoms with Crippen molar-refractivity contribution in [1.29, 1.82) is 0 Å². The Bertz CT molecular complexity index is 343. The predicted octanol–water partition coefficient (Wildman–Crippen LogP) is 1.81. The number of hydrogen-bond donors (Lipinski definition) is 0. The molecule has 0 radical (unpaired) electrons. The normalized spacial score (nSPS) is 17.1. The first-order valence-corrected chi connectivity index (χ1v) is 5.58. The van der Waals surface area contributed by atoms with Crippen LogP contribution in [0, 0.1) is 0 Å². The van der Waals surface area contributed by atoms with Gasteiger partial charge < -0.3 is 14.1 Å². The standard InChI is InChI=1S/C12H17NO3/c1-9(15-2)12(14)13(10-5-6-10)8-11-4-3-7-16-11/h3-4,7,9-10H,5-6,8H2,1-2H3. The molecule has 1 unspecified atom stereocenters. The van der Waals surface area contributed by atoms with Crippen LogP contribution >= 0.6 is 0 Å². The first-order valence-electron chi connectivity index (χ1n) is 5.58. The molecule has 16 heavy (non-hydrogen) atoms. The lowest BCUT2D eigenvalue weighted by Crippen LogP contribution is -2.39. The highest BCUT2D eigenvalue weighted by atomic mass is 16.5. The van der Waals surface area contributed by atoms with E-state index in [1.54, 1.807) is 20.3 Å². The molecule has 88 valence electrons. The van der Waals surface area contributed by atoms with Gasteiger partial charge in [-0.1, -0.05) is 0 Å². The zero-order valence-corrected chi connectivity index (χ0v) is 9.68. The maximum atomic E-state index is 12.0. The number of rotatable bonds is 5. The summed E-state index contributed by atoms with van der Waals surface area (Å²) in [5.74, 6) is 0.866. The zero-order valence-electron chi connectivity index (χ0n) is 9.68. The average molecular weight is 223 g/mol. The van der Waals surface area contributed by atoms with Crippen LogP contribution in [0.1, 0.15) is 25.5 Å². The van der Waals surface area contributed by atoms with Gasteiger partial charge in [0.2, 0.25) is 0 Å². The van der Waals surface area contributed by atoms with Crippen molar-refractivity contribution in [2.24, 2.45) is 0 Å². The number of nitrogens with zero attached hydrogens (tertiary/aromatic N) is 1. The molecule has 1 aliphatic carbocycles. The van der Waals surface area contributed by atoms with Crippen LogP contribution in [0.2, 0.25) is 0 Å². The van der Waals surface area contributed by atoms with Gasteiger partial charge in [-0.05, 0) is 31.9 Å². The fraction of sp³-hybridized carbons (Fsp3) is 0.583. The molecule has 1 fully saturated rings. The average Bonchev–Trinajstić information content (AvgIpc) is 3.01. The minimum absolute atomic E-state index is 0.0430. The van der Waals surface area contributed by atoms with Crippen molar-refractivity contribution in [2.45, 2.75) is 38.5 Å². The van der Waals surface area contributed by atoms with Gasteiger partial charge in [0.25, 0.3) is 5.91 Å². The molecule has 4 nitrogen and oxygen atoms in total. The fourth-order valence-electron chi connectivity index (χ4n) is 1.68. The summed E-state index contributed by atoms with van der Waals surface area (Å²) in [7, 11) is 1.56. The maximum Gasteiger partial charge on any atom is 0.252 e. The van der Waals surface area contributed by atoms with Gasteiger partial charge in [0, 0.05) is 13.2 Å². The minimum atomic E-state index is -0.379. The lowest BCUT2D eigenvalue weighted by atomic mass is 10.3. The Balaban J connectivity index is 2.02. The maximum absolute atomic E-state index is 12.0. The third kappa shape index (κ3) is 2.44. The van der Waals surface area contributed by atoms with E-state index < -0.39 is 0 Å². The largest absolute Gasteiger partial charge is 0.467 e. The third-order valence-corrected chi connectivity index (χ3v) is 2.88. The third-order valence-electron chi connectivity index (χ3n) is 2.88. The molecule has 1 heterocycles. The summed E-state index contributed by atoms with van der Waals surface area (Å²) in [6, 6.07) is 4.10. The first-order chi connectivity index (χ1) is 7.72.